The largest absolute Gasteiger partial charge is 0.325 e. The molecule has 2 heterocycles. The summed E-state index contributed by atoms with van der Waals surface area (Å²) < 4.78 is 17.7. The number of benzene rings is 3. The summed E-state index contributed by atoms with van der Waals surface area (Å²) in [6.45, 7) is 0. The van der Waals surface area contributed by atoms with Crippen LogP contribution in [0.3, 0.4) is 0 Å². The number of aromatic nitrogens is 2. The van der Waals surface area contributed by atoms with Gasteiger partial charge < -0.3 is 5.32 Å². The smallest absolute Gasteiger partial charge is 0.234 e. The number of thioether (sulfide) groups is 2. The first kappa shape index (κ1) is 24.2. The molecule has 0 saturated heterocycles. The van der Waals surface area contributed by atoms with Crippen molar-refractivity contribution in [2.75, 3.05) is 17.3 Å². The number of rotatable bonds is 7. The van der Waals surface area contributed by atoms with E-state index < -0.39 is 5.82 Å². The molecule has 0 spiro atoms. The molecular weight excluding hydrogens is 543 g/mol. The summed E-state index contributed by atoms with van der Waals surface area (Å²) in [6.07, 6.45) is 3.42. The number of halogens is 2. The topological polar surface area (TPSA) is 67.2 Å². The van der Waals surface area contributed by atoms with Crippen molar-refractivity contribution in [3.8, 4) is 0 Å². The molecule has 1 amide bonds. The van der Waals surface area contributed by atoms with Gasteiger partial charge in [0, 0.05) is 17.5 Å². The number of anilines is 1. The second-order valence-electron chi connectivity index (χ2n) is 7.23. The zero-order valence-electron chi connectivity index (χ0n) is 18.1. The van der Waals surface area contributed by atoms with Crippen molar-refractivity contribution >= 4 is 102 Å². The van der Waals surface area contributed by atoms with E-state index in [0.29, 0.717) is 10.7 Å². The third-order valence-electron chi connectivity index (χ3n) is 4.85. The molecule has 0 atom stereocenters. The highest BCUT2D eigenvalue weighted by Crippen LogP contribution is 2.33. The molecule has 5 aromatic rings. The minimum atomic E-state index is -0.422. The van der Waals surface area contributed by atoms with E-state index >= 15 is 0 Å². The maximum absolute atomic E-state index is 14.0. The fraction of sp³-hybridized carbons (Fsp3) is 0.0833. The molecule has 0 saturated carbocycles. The molecule has 0 aliphatic rings. The molecule has 3 aromatic carbocycles. The third kappa shape index (κ3) is 5.68. The average Bonchev–Trinajstić information content (AvgIpc) is 3.45. The van der Waals surface area contributed by atoms with Crippen LogP contribution in [-0.2, 0) is 4.79 Å². The maximum Gasteiger partial charge on any atom is 0.234 e. The van der Waals surface area contributed by atoms with E-state index in [1.165, 1.54) is 35.4 Å². The Morgan fingerprint density at radius 1 is 1.09 bits per heavy atom. The highest BCUT2D eigenvalue weighted by molar-refractivity contribution is 8.01. The van der Waals surface area contributed by atoms with Crippen molar-refractivity contribution in [3.63, 3.8) is 0 Å². The van der Waals surface area contributed by atoms with Crippen LogP contribution in [0.5, 0.6) is 0 Å². The standard InChI is InChI=1S/C24H16ClFN4OS4/c1-32-23-29-18-8-6-14(10-21(18)34-23)28-22(31)12-33-24-30-19-7-5-13(9-20(19)35-24)27-11-15-16(25)3-2-4-17(15)26/h2-11H,12H2,1H3,(H,28,31). The molecule has 5 rings (SSSR count). The van der Waals surface area contributed by atoms with Crippen LogP contribution >= 0.6 is 57.8 Å². The fourth-order valence-corrected chi connectivity index (χ4v) is 6.84. The normalized spacial score (nSPS) is 11.6. The monoisotopic (exact) mass is 558 g/mol. The van der Waals surface area contributed by atoms with E-state index in [-0.39, 0.29) is 17.2 Å². The fourth-order valence-electron chi connectivity index (χ4n) is 3.20. The van der Waals surface area contributed by atoms with Gasteiger partial charge in [-0.1, -0.05) is 41.2 Å². The first-order valence-electron chi connectivity index (χ1n) is 10.2. The Bertz CT molecular complexity index is 1560. The number of nitrogens with one attached hydrogen (secondary N) is 1. The Hall–Kier alpha value is -2.50. The second kappa shape index (κ2) is 10.6. The molecule has 0 aliphatic carbocycles. The van der Waals surface area contributed by atoms with Crippen molar-refractivity contribution < 1.29 is 9.18 Å². The van der Waals surface area contributed by atoms with Gasteiger partial charge in [0.05, 0.1) is 36.9 Å². The Kier molecular flexibility index (Phi) is 7.35. The summed E-state index contributed by atoms with van der Waals surface area (Å²) in [7, 11) is 0. The first-order chi connectivity index (χ1) is 17.0. The Morgan fingerprint density at radius 3 is 2.63 bits per heavy atom. The number of amides is 1. The molecule has 0 aliphatic heterocycles. The number of hydrogen-bond donors (Lipinski definition) is 1. The number of carbonyl (C=O) groups is 1. The summed E-state index contributed by atoms with van der Waals surface area (Å²) in [6, 6.07) is 15.8. The van der Waals surface area contributed by atoms with Crippen molar-refractivity contribution in [1.29, 1.82) is 0 Å². The highest BCUT2D eigenvalue weighted by atomic mass is 35.5. The van der Waals surface area contributed by atoms with Gasteiger partial charge in [-0.05, 0) is 54.8 Å². The predicted molar refractivity (Wildman–Crippen MR) is 149 cm³/mol. The number of thiazole rings is 2. The van der Waals surface area contributed by atoms with Crippen LogP contribution in [-0.4, -0.2) is 34.1 Å². The second-order valence-corrected chi connectivity index (χ2v) is 12.0. The van der Waals surface area contributed by atoms with Gasteiger partial charge >= 0.3 is 0 Å². The van der Waals surface area contributed by atoms with Crippen molar-refractivity contribution in [2.45, 2.75) is 8.68 Å². The molecule has 1 N–H and O–H groups in total. The van der Waals surface area contributed by atoms with Crippen LogP contribution in [0.1, 0.15) is 5.56 Å². The summed E-state index contributed by atoms with van der Waals surface area (Å²) >= 11 is 12.1. The summed E-state index contributed by atoms with van der Waals surface area (Å²) in [5.74, 6) is -0.281. The van der Waals surface area contributed by atoms with E-state index in [0.717, 1.165) is 34.8 Å². The Balaban J connectivity index is 1.23. The van der Waals surface area contributed by atoms with Gasteiger partial charge in [-0.3, -0.25) is 9.79 Å². The van der Waals surface area contributed by atoms with Gasteiger partial charge in [0.2, 0.25) is 5.91 Å². The van der Waals surface area contributed by atoms with E-state index in [2.05, 4.69) is 20.3 Å². The molecule has 35 heavy (non-hydrogen) atoms. The van der Waals surface area contributed by atoms with Crippen LogP contribution in [0, 0.1) is 5.82 Å². The van der Waals surface area contributed by atoms with E-state index in [1.807, 2.05) is 42.7 Å². The third-order valence-corrected chi connectivity index (χ3v) is 9.34. The molecular formula is C24H16ClFN4OS4. The molecule has 176 valence electrons. The minimum Gasteiger partial charge on any atom is -0.325 e. The minimum absolute atomic E-state index is 0.102. The van der Waals surface area contributed by atoms with E-state index in [4.69, 9.17) is 11.6 Å². The number of hydrogen-bond acceptors (Lipinski definition) is 8. The molecule has 2 aromatic heterocycles. The highest BCUT2D eigenvalue weighted by Gasteiger charge is 2.11. The SMILES string of the molecule is CSc1nc2ccc(NC(=O)CSc3nc4ccc(N=Cc5c(F)cccc5Cl)cc4s3)cc2s1. The van der Waals surface area contributed by atoms with Crippen LogP contribution in [0.4, 0.5) is 15.8 Å². The molecule has 0 radical (unpaired) electrons. The Morgan fingerprint density at radius 2 is 1.83 bits per heavy atom. The van der Waals surface area contributed by atoms with Crippen molar-refractivity contribution in [3.05, 3.63) is 71.0 Å². The maximum atomic E-state index is 14.0. The summed E-state index contributed by atoms with van der Waals surface area (Å²) in [5, 5.41) is 3.25. The lowest BCUT2D eigenvalue weighted by atomic mass is 10.2. The van der Waals surface area contributed by atoms with Gasteiger partial charge in [0.1, 0.15) is 5.82 Å². The van der Waals surface area contributed by atoms with E-state index in [9.17, 15) is 9.18 Å². The van der Waals surface area contributed by atoms with Crippen molar-refractivity contribution in [1.82, 2.24) is 9.97 Å². The first-order valence-corrected chi connectivity index (χ1v) is 14.5. The quantitative estimate of drug-likeness (QED) is 0.162. The van der Waals surface area contributed by atoms with Gasteiger partial charge in [0.15, 0.2) is 8.68 Å². The van der Waals surface area contributed by atoms with E-state index in [1.54, 1.807) is 35.2 Å². The molecule has 11 heteroatoms. The zero-order valence-corrected chi connectivity index (χ0v) is 22.1. The van der Waals surface area contributed by atoms with Gasteiger partial charge in [0.25, 0.3) is 0 Å². The lowest BCUT2D eigenvalue weighted by Crippen LogP contribution is -2.13. The zero-order chi connectivity index (χ0) is 24.4. The summed E-state index contributed by atoms with van der Waals surface area (Å²) in [5.41, 5.74) is 3.42. The van der Waals surface area contributed by atoms with Crippen LogP contribution in [0.15, 0.2) is 68.3 Å². The van der Waals surface area contributed by atoms with Crippen LogP contribution in [0.25, 0.3) is 20.4 Å². The molecule has 0 fully saturated rings. The number of aliphatic imine (C=N–C) groups is 1. The number of carbonyl (C=O) groups excluding carboxylic acids is 1. The van der Waals surface area contributed by atoms with Crippen LogP contribution in [0.2, 0.25) is 5.02 Å². The predicted octanol–water partition coefficient (Wildman–Crippen LogP) is 7.90. The molecule has 0 bridgehead atoms. The number of fused-ring (bicyclic) bond motifs is 2. The van der Waals surface area contributed by atoms with Gasteiger partial charge in [-0.2, -0.15) is 0 Å². The van der Waals surface area contributed by atoms with Gasteiger partial charge in [-0.25, -0.2) is 14.4 Å². The Labute approximate surface area is 221 Å². The lowest BCUT2D eigenvalue weighted by Gasteiger charge is -2.03. The lowest BCUT2D eigenvalue weighted by molar-refractivity contribution is -0.113. The molecule has 0 unspecified atom stereocenters. The molecule has 5 nitrogen and oxygen atoms in total. The number of nitrogens with zero attached hydrogens (tertiary/aromatic N) is 3. The van der Waals surface area contributed by atoms with Gasteiger partial charge in [-0.15, -0.1) is 22.7 Å². The van der Waals surface area contributed by atoms with Crippen molar-refractivity contribution in [2.24, 2.45) is 4.99 Å². The summed E-state index contributed by atoms with van der Waals surface area (Å²) in [4.78, 5) is 26.0. The average molecular weight is 559 g/mol. The van der Waals surface area contributed by atoms with Crippen LogP contribution < -0.4 is 5.32 Å².